The first-order valence-corrected chi connectivity index (χ1v) is 29.8. The number of hydrogen-bond donors (Lipinski definition) is 0. The Morgan fingerprint density at radius 1 is 0.250 bits per heavy atom. The molecule has 88 heavy (non-hydrogen) atoms. The fraction of sp³-hybridized carbons (Fsp3) is 0.100. The Morgan fingerprint density at radius 2 is 0.511 bits per heavy atom. The van der Waals surface area contributed by atoms with Crippen LogP contribution >= 0.6 is 0 Å². The maximum absolute atomic E-state index is 7.90. The van der Waals surface area contributed by atoms with Crippen LogP contribution in [0.2, 0.25) is 0 Å². The third-order valence-electron chi connectivity index (χ3n) is 17.7. The molecule has 0 atom stereocenters. The van der Waals surface area contributed by atoms with Gasteiger partial charge in [0, 0.05) is 90.3 Å². The van der Waals surface area contributed by atoms with E-state index in [2.05, 4.69) is 263 Å². The minimum absolute atomic E-state index is 0.597. The highest BCUT2D eigenvalue weighted by Gasteiger charge is 2.24. The molecule has 0 saturated heterocycles. The Kier molecular flexibility index (Phi) is 12.6. The Bertz CT molecular complexity index is 5470. The molecule has 0 aliphatic heterocycles. The predicted molar refractivity (Wildman–Crippen MR) is 367 cm³/mol. The van der Waals surface area contributed by atoms with Crippen molar-refractivity contribution in [2.45, 2.75) is 55.4 Å². The van der Waals surface area contributed by atoms with Crippen LogP contribution in [0.4, 0.5) is 11.4 Å². The number of rotatable bonds is 6. The molecule has 0 fully saturated rings. The van der Waals surface area contributed by atoms with Crippen molar-refractivity contribution in [1.82, 2.24) is 28.2 Å². The summed E-state index contributed by atoms with van der Waals surface area (Å²) in [5, 5.41) is 9.81. The lowest BCUT2D eigenvalue weighted by atomic mass is 10.0. The van der Waals surface area contributed by atoms with Crippen LogP contribution in [0.1, 0.15) is 44.5 Å². The van der Waals surface area contributed by atoms with Gasteiger partial charge in [0.15, 0.2) is 11.4 Å². The summed E-state index contributed by atoms with van der Waals surface area (Å²) in [5.74, 6) is 0. The first-order chi connectivity index (χ1) is 42.8. The first kappa shape index (κ1) is 53.4. The topological polar surface area (TPSA) is 54.2 Å². The highest BCUT2D eigenvalue weighted by atomic mass is 15.0. The normalized spacial score (nSPS) is 11.6. The summed E-state index contributed by atoms with van der Waals surface area (Å²) in [6.45, 7) is 33.0. The third kappa shape index (κ3) is 8.64. The average Bonchev–Trinajstić information content (AvgIpc) is 1.67. The highest BCUT2D eigenvalue weighted by Crippen LogP contribution is 2.45. The van der Waals surface area contributed by atoms with Gasteiger partial charge < -0.3 is 18.3 Å². The number of nitrogens with zero attached hydrogens (tertiary/aromatic N) is 8. The van der Waals surface area contributed by atoms with E-state index in [-0.39, 0.29) is 0 Å². The quantitative estimate of drug-likeness (QED) is 0.156. The second kappa shape index (κ2) is 20.7. The van der Waals surface area contributed by atoms with Gasteiger partial charge in [-0.2, -0.15) is 0 Å². The zero-order chi connectivity index (χ0) is 60.2. The highest BCUT2D eigenvalue weighted by molar-refractivity contribution is 6.14. The summed E-state index contributed by atoms with van der Waals surface area (Å²) >= 11 is 0. The van der Waals surface area contributed by atoms with Gasteiger partial charge >= 0.3 is 0 Å². The monoisotopic (exact) mass is 1130 g/mol. The smallest absolute Gasteiger partial charge is 0.189 e. The molecule has 0 spiro atoms. The van der Waals surface area contributed by atoms with E-state index >= 15 is 0 Å². The molecule has 0 bridgehead atoms. The lowest BCUT2D eigenvalue weighted by Crippen LogP contribution is -2.02. The largest absolute Gasteiger partial charge is 0.310 e. The van der Waals surface area contributed by atoms with E-state index in [0.717, 1.165) is 89.1 Å². The van der Waals surface area contributed by atoms with Gasteiger partial charge in [0.05, 0.1) is 74.3 Å². The van der Waals surface area contributed by atoms with E-state index in [0.29, 0.717) is 11.4 Å². The molecule has 0 unspecified atom stereocenters. The molecular formula is C80H60N8. The summed E-state index contributed by atoms with van der Waals surface area (Å²) < 4.78 is 9.39. The van der Waals surface area contributed by atoms with Gasteiger partial charge in [0.2, 0.25) is 0 Å². The summed E-state index contributed by atoms with van der Waals surface area (Å²) in [5.41, 5.74) is 28.2. The average molecular weight is 1130 g/mol. The van der Waals surface area contributed by atoms with Crippen molar-refractivity contribution < 1.29 is 0 Å². The van der Waals surface area contributed by atoms with Gasteiger partial charge in [-0.3, -0.25) is 9.97 Å². The van der Waals surface area contributed by atoms with Crippen molar-refractivity contribution in [2.75, 3.05) is 0 Å². The minimum Gasteiger partial charge on any atom is -0.310 e. The van der Waals surface area contributed by atoms with Gasteiger partial charge in [-0.1, -0.05) is 111 Å². The van der Waals surface area contributed by atoms with Crippen LogP contribution in [0, 0.1) is 68.5 Å². The zero-order valence-corrected chi connectivity index (χ0v) is 50.4. The molecule has 0 amide bonds. The van der Waals surface area contributed by atoms with Crippen molar-refractivity contribution in [3.05, 3.63) is 286 Å². The van der Waals surface area contributed by atoms with Crippen molar-refractivity contribution >= 4 is 98.6 Å². The summed E-state index contributed by atoms with van der Waals surface area (Å²) in [7, 11) is 0. The standard InChI is InChI=1S/2C40H30N4/c1-24-6-12-35-30(18-24)31-19-25(2)7-13-36(31)43(35)39-16-17-42-23-34(39)29-11-10-28(41-5)22-40(29)44-37-14-8-26(3)20-32(37)33-21-27(4)9-15-38(33)44;1-24-6-11-35-29(18-24)30-19-25(2)7-12-36(30)43(35)39-15-10-28(41-5)22-33(39)34-23-42-17-16-40(34)44-37-13-8-26(3)20-31(37)32-21-27(4)9-14-38(32)44/h2*6-23H,1-4H3. The lowest BCUT2D eigenvalue weighted by molar-refractivity contribution is 1.14. The number of hydrogen-bond acceptors (Lipinski definition) is 2. The molecule has 0 saturated carbocycles. The molecule has 0 aliphatic carbocycles. The molecule has 10 aromatic carbocycles. The fourth-order valence-electron chi connectivity index (χ4n) is 13.6. The second-order valence-electron chi connectivity index (χ2n) is 23.9. The van der Waals surface area contributed by atoms with Crippen LogP contribution in [0.5, 0.6) is 0 Å². The van der Waals surface area contributed by atoms with Crippen molar-refractivity contribution in [3.63, 3.8) is 0 Å². The number of aromatic nitrogens is 6. The Balaban J connectivity index is 0.000000148. The summed E-state index contributed by atoms with van der Waals surface area (Å²) in [6, 6.07) is 69.6. The molecule has 6 heterocycles. The van der Waals surface area contributed by atoms with Gasteiger partial charge in [-0.05, 0) is 188 Å². The number of benzene rings is 10. The molecule has 16 aromatic rings. The lowest BCUT2D eigenvalue weighted by Gasteiger charge is -2.18. The van der Waals surface area contributed by atoms with Gasteiger partial charge in [-0.25, -0.2) is 9.69 Å². The molecule has 6 aromatic heterocycles. The minimum atomic E-state index is 0.597. The van der Waals surface area contributed by atoms with Crippen molar-refractivity contribution in [3.8, 4) is 45.0 Å². The number of pyridine rings is 2. The molecule has 8 nitrogen and oxygen atoms in total. The van der Waals surface area contributed by atoms with E-state index in [1.54, 1.807) is 0 Å². The van der Waals surface area contributed by atoms with Gasteiger partial charge in [0.25, 0.3) is 0 Å². The Labute approximate surface area is 510 Å². The summed E-state index contributed by atoms with van der Waals surface area (Å²) in [4.78, 5) is 17.0. The number of aryl methyl sites for hydroxylation is 8. The van der Waals surface area contributed by atoms with Gasteiger partial charge in [0.1, 0.15) is 0 Å². The van der Waals surface area contributed by atoms with Crippen LogP contribution in [-0.4, -0.2) is 28.2 Å². The van der Waals surface area contributed by atoms with Crippen LogP contribution in [0.15, 0.2) is 219 Å². The number of fused-ring (bicyclic) bond motifs is 12. The predicted octanol–water partition coefficient (Wildman–Crippen LogP) is 21.5. The fourth-order valence-corrected chi connectivity index (χ4v) is 13.6. The van der Waals surface area contributed by atoms with Crippen LogP contribution in [0.3, 0.4) is 0 Å². The van der Waals surface area contributed by atoms with Crippen LogP contribution in [0.25, 0.3) is 142 Å². The van der Waals surface area contributed by atoms with E-state index in [1.165, 1.54) is 87.6 Å². The molecule has 0 N–H and O–H groups in total. The van der Waals surface area contributed by atoms with E-state index in [9.17, 15) is 0 Å². The molecule has 8 heteroatoms. The molecule has 16 rings (SSSR count). The van der Waals surface area contributed by atoms with Crippen molar-refractivity contribution in [2.24, 2.45) is 0 Å². The molecule has 420 valence electrons. The van der Waals surface area contributed by atoms with Crippen molar-refractivity contribution in [1.29, 1.82) is 0 Å². The van der Waals surface area contributed by atoms with Gasteiger partial charge in [-0.15, -0.1) is 0 Å². The molecule has 0 aliphatic rings. The third-order valence-corrected chi connectivity index (χ3v) is 17.7. The molecular weight excluding hydrogens is 1070 g/mol. The SMILES string of the molecule is [C-]#[N+]c1ccc(-c2cnccc2-n2c3ccc(C)cc3c3cc(C)ccc32)c(-n2c3ccc(C)cc3c3cc(C)ccc32)c1.[C-]#[N+]c1ccc(-n2c3ccc(C)cc3c3cc(C)ccc32)c(-c2cnccc2-n2c3ccc(C)cc3c3cc(C)ccc32)c1. The maximum atomic E-state index is 7.90. The van der Waals surface area contributed by atoms with Crippen LogP contribution in [-0.2, 0) is 0 Å². The Morgan fingerprint density at radius 3 is 0.818 bits per heavy atom. The maximum Gasteiger partial charge on any atom is 0.189 e. The van der Waals surface area contributed by atoms with E-state index in [1.807, 2.05) is 49.1 Å². The molecule has 0 radical (unpaired) electrons. The Hall–Kier alpha value is -11.3. The van der Waals surface area contributed by atoms with E-state index < -0.39 is 0 Å². The summed E-state index contributed by atoms with van der Waals surface area (Å²) in [6.07, 6.45) is 7.65. The van der Waals surface area contributed by atoms with Crippen LogP contribution < -0.4 is 0 Å². The zero-order valence-electron chi connectivity index (χ0n) is 50.4. The first-order valence-electron chi connectivity index (χ1n) is 29.8. The van der Waals surface area contributed by atoms with E-state index in [4.69, 9.17) is 13.1 Å². The second-order valence-corrected chi connectivity index (χ2v) is 23.9.